The molecule has 0 saturated carbocycles. The van der Waals surface area contributed by atoms with Gasteiger partial charge in [-0.2, -0.15) is 0 Å². The molecule has 0 aromatic carbocycles. The molecule has 0 spiro atoms. The topological polar surface area (TPSA) is 40.6 Å². The van der Waals surface area contributed by atoms with Crippen LogP contribution in [0.1, 0.15) is 20.3 Å². The summed E-state index contributed by atoms with van der Waals surface area (Å²) >= 11 is 3.29. The van der Waals surface area contributed by atoms with Crippen LogP contribution < -0.4 is 0 Å². The average Bonchev–Trinajstić information content (AvgIpc) is 2.23. The van der Waals surface area contributed by atoms with E-state index in [1.54, 1.807) is 19.0 Å². The van der Waals surface area contributed by atoms with Gasteiger partial charge in [0.2, 0.25) is 11.8 Å². The Morgan fingerprint density at radius 1 is 1.27 bits per heavy atom. The van der Waals surface area contributed by atoms with Crippen LogP contribution in [0, 0.1) is 0 Å². The molecule has 0 aliphatic rings. The van der Waals surface area contributed by atoms with Crippen LogP contribution in [0.2, 0.25) is 0 Å². The molecule has 4 nitrogen and oxygen atoms in total. The van der Waals surface area contributed by atoms with Gasteiger partial charge in [0.1, 0.15) is 0 Å². The van der Waals surface area contributed by atoms with Crippen molar-refractivity contribution < 1.29 is 9.59 Å². The van der Waals surface area contributed by atoms with Gasteiger partial charge in [-0.05, 0) is 13.3 Å². The van der Waals surface area contributed by atoms with Gasteiger partial charge in [-0.1, -0.05) is 22.9 Å². The van der Waals surface area contributed by atoms with E-state index in [-0.39, 0.29) is 23.2 Å². The predicted octanol–water partition coefficient (Wildman–Crippen LogP) is 1.10. The first-order valence-electron chi connectivity index (χ1n) is 5.07. The van der Waals surface area contributed by atoms with Gasteiger partial charge in [0.25, 0.3) is 0 Å². The van der Waals surface area contributed by atoms with Crippen LogP contribution in [0.5, 0.6) is 0 Å². The molecule has 0 N–H and O–H groups in total. The number of carbonyl (C=O) groups is 2. The van der Waals surface area contributed by atoms with Gasteiger partial charge in [0, 0.05) is 20.6 Å². The maximum Gasteiger partial charge on any atom is 0.241 e. The summed E-state index contributed by atoms with van der Waals surface area (Å²) in [6.45, 7) is 4.51. The van der Waals surface area contributed by atoms with Gasteiger partial charge < -0.3 is 9.80 Å². The van der Waals surface area contributed by atoms with Crippen molar-refractivity contribution in [1.29, 1.82) is 0 Å². The fourth-order valence-corrected chi connectivity index (χ4v) is 1.31. The van der Waals surface area contributed by atoms with E-state index in [0.29, 0.717) is 6.54 Å². The Morgan fingerprint density at radius 2 is 1.80 bits per heavy atom. The maximum absolute atomic E-state index is 11.8. The van der Waals surface area contributed by atoms with E-state index in [1.165, 1.54) is 4.90 Å². The van der Waals surface area contributed by atoms with E-state index >= 15 is 0 Å². The van der Waals surface area contributed by atoms with Crippen molar-refractivity contribution in [3.8, 4) is 0 Å². The third-order valence-electron chi connectivity index (χ3n) is 2.14. The second-order valence-corrected chi connectivity index (χ2v) is 4.62. The van der Waals surface area contributed by atoms with Crippen molar-refractivity contribution in [2.24, 2.45) is 0 Å². The van der Waals surface area contributed by atoms with Gasteiger partial charge in [-0.3, -0.25) is 9.59 Å². The van der Waals surface area contributed by atoms with Crippen molar-refractivity contribution in [1.82, 2.24) is 9.80 Å². The number of halogens is 1. The number of carbonyl (C=O) groups excluding carboxylic acids is 2. The standard InChI is InChI=1S/C10H19BrN2O2/c1-5-8(11)10(15)13(6-2)7-9(14)12(3)4/h8H,5-7H2,1-4H3. The van der Waals surface area contributed by atoms with E-state index in [2.05, 4.69) is 15.9 Å². The average molecular weight is 279 g/mol. The molecular formula is C10H19BrN2O2. The van der Waals surface area contributed by atoms with Crippen LogP contribution >= 0.6 is 15.9 Å². The second-order valence-electron chi connectivity index (χ2n) is 3.52. The minimum Gasteiger partial charge on any atom is -0.347 e. The molecule has 88 valence electrons. The van der Waals surface area contributed by atoms with E-state index in [0.717, 1.165) is 6.42 Å². The molecule has 0 rings (SSSR count). The van der Waals surface area contributed by atoms with Crippen molar-refractivity contribution in [3.05, 3.63) is 0 Å². The lowest BCUT2D eigenvalue weighted by atomic mass is 10.3. The molecule has 0 heterocycles. The molecule has 0 aliphatic heterocycles. The lowest BCUT2D eigenvalue weighted by Gasteiger charge is -2.24. The Bertz CT molecular complexity index is 231. The molecule has 0 aliphatic carbocycles. The fourth-order valence-electron chi connectivity index (χ4n) is 1.02. The summed E-state index contributed by atoms with van der Waals surface area (Å²) < 4.78 is 0. The summed E-state index contributed by atoms with van der Waals surface area (Å²) in [4.78, 5) is 26.1. The Hall–Kier alpha value is -0.580. The second kappa shape index (κ2) is 6.82. The third kappa shape index (κ3) is 4.64. The molecule has 0 fully saturated rings. The van der Waals surface area contributed by atoms with E-state index in [1.807, 2.05) is 13.8 Å². The Balaban J connectivity index is 4.37. The molecule has 2 amide bonds. The number of nitrogens with zero attached hydrogens (tertiary/aromatic N) is 2. The first-order chi connectivity index (χ1) is 6.93. The molecule has 1 unspecified atom stereocenters. The smallest absolute Gasteiger partial charge is 0.241 e. The van der Waals surface area contributed by atoms with Crippen LogP contribution in [0.15, 0.2) is 0 Å². The van der Waals surface area contributed by atoms with E-state index in [9.17, 15) is 9.59 Å². The molecule has 15 heavy (non-hydrogen) atoms. The number of rotatable bonds is 5. The van der Waals surface area contributed by atoms with Crippen LogP contribution in [-0.2, 0) is 9.59 Å². The first-order valence-corrected chi connectivity index (χ1v) is 5.98. The molecule has 1 atom stereocenters. The zero-order chi connectivity index (χ0) is 12.0. The quantitative estimate of drug-likeness (QED) is 0.707. The Morgan fingerprint density at radius 3 is 2.13 bits per heavy atom. The minimum atomic E-state index is -0.188. The normalized spacial score (nSPS) is 12.1. The van der Waals surface area contributed by atoms with Gasteiger partial charge >= 0.3 is 0 Å². The van der Waals surface area contributed by atoms with Crippen LogP contribution in [-0.4, -0.2) is 53.6 Å². The number of hydrogen-bond donors (Lipinski definition) is 0. The molecule has 0 aromatic heterocycles. The summed E-state index contributed by atoms with van der Waals surface area (Å²) in [5.41, 5.74) is 0. The largest absolute Gasteiger partial charge is 0.347 e. The number of amides is 2. The molecule has 5 heteroatoms. The summed E-state index contributed by atoms with van der Waals surface area (Å²) in [7, 11) is 3.37. The summed E-state index contributed by atoms with van der Waals surface area (Å²) in [6.07, 6.45) is 0.728. The highest BCUT2D eigenvalue weighted by molar-refractivity contribution is 9.10. The summed E-state index contributed by atoms with van der Waals surface area (Å²) in [5.74, 6) is -0.0730. The fraction of sp³-hybridized carbons (Fsp3) is 0.800. The lowest BCUT2D eigenvalue weighted by molar-refractivity contribution is -0.138. The van der Waals surface area contributed by atoms with Crippen molar-refractivity contribution in [3.63, 3.8) is 0 Å². The first kappa shape index (κ1) is 14.4. The Labute approximate surface area is 99.7 Å². The summed E-state index contributed by atoms with van der Waals surface area (Å²) in [5, 5.41) is 0. The van der Waals surface area contributed by atoms with Gasteiger partial charge in [0.05, 0.1) is 11.4 Å². The van der Waals surface area contributed by atoms with Gasteiger partial charge in [0.15, 0.2) is 0 Å². The van der Waals surface area contributed by atoms with Crippen LogP contribution in [0.3, 0.4) is 0 Å². The van der Waals surface area contributed by atoms with E-state index < -0.39 is 0 Å². The highest BCUT2D eigenvalue weighted by Gasteiger charge is 2.21. The molecule has 0 radical (unpaired) electrons. The highest BCUT2D eigenvalue weighted by Crippen LogP contribution is 2.09. The minimum absolute atomic E-state index is 0.0183. The van der Waals surface area contributed by atoms with Gasteiger partial charge in [-0.15, -0.1) is 0 Å². The molecular weight excluding hydrogens is 260 g/mol. The zero-order valence-electron chi connectivity index (χ0n) is 9.79. The summed E-state index contributed by atoms with van der Waals surface area (Å²) in [6, 6.07) is 0. The van der Waals surface area contributed by atoms with Crippen LogP contribution in [0.25, 0.3) is 0 Å². The SMILES string of the molecule is CCC(Br)C(=O)N(CC)CC(=O)N(C)C. The monoisotopic (exact) mass is 278 g/mol. The molecule has 0 bridgehead atoms. The van der Waals surface area contributed by atoms with E-state index in [4.69, 9.17) is 0 Å². The number of hydrogen-bond acceptors (Lipinski definition) is 2. The van der Waals surface area contributed by atoms with Crippen molar-refractivity contribution in [2.45, 2.75) is 25.1 Å². The van der Waals surface area contributed by atoms with Crippen molar-refractivity contribution in [2.75, 3.05) is 27.2 Å². The Kier molecular flexibility index (Phi) is 6.56. The zero-order valence-corrected chi connectivity index (χ0v) is 11.4. The number of likely N-dealkylation sites (N-methyl/N-ethyl adjacent to an activating group) is 2. The van der Waals surface area contributed by atoms with Crippen molar-refractivity contribution >= 4 is 27.7 Å². The highest BCUT2D eigenvalue weighted by atomic mass is 79.9. The van der Waals surface area contributed by atoms with Gasteiger partial charge in [-0.25, -0.2) is 0 Å². The third-order valence-corrected chi connectivity index (χ3v) is 3.18. The molecule has 0 saturated heterocycles. The molecule has 0 aromatic rings. The maximum atomic E-state index is 11.8. The number of alkyl halides is 1. The lowest BCUT2D eigenvalue weighted by Crippen LogP contribution is -2.43. The predicted molar refractivity (Wildman–Crippen MR) is 64.0 cm³/mol. The van der Waals surface area contributed by atoms with Crippen LogP contribution in [0.4, 0.5) is 0 Å².